The van der Waals surface area contributed by atoms with Crippen LogP contribution in [0.3, 0.4) is 0 Å². The fourth-order valence-electron chi connectivity index (χ4n) is 3.69. The molecule has 0 bridgehead atoms. The molecule has 0 aliphatic carbocycles. The Morgan fingerprint density at radius 2 is 1.79 bits per heavy atom. The summed E-state index contributed by atoms with van der Waals surface area (Å²) >= 11 is 12.5. The molecule has 1 amide bonds. The van der Waals surface area contributed by atoms with Crippen LogP contribution in [0.15, 0.2) is 66.7 Å². The number of aliphatic hydroxyl groups is 2. The number of benzene rings is 3. The molecule has 0 saturated carbocycles. The molecule has 170 valence electrons. The number of carbonyl (C=O) groups excluding carboxylic acids is 1. The maximum absolute atomic E-state index is 12.9. The number of nitrogens with zero attached hydrogens (tertiary/aromatic N) is 2. The van der Waals surface area contributed by atoms with Crippen LogP contribution in [0, 0.1) is 0 Å². The van der Waals surface area contributed by atoms with Crippen molar-refractivity contribution in [3.8, 4) is 11.3 Å². The highest BCUT2D eigenvalue weighted by molar-refractivity contribution is 6.34. The Kier molecular flexibility index (Phi) is 7.30. The lowest BCUT2D eigenvalue weighted by molar-refractivity contribution is 0.0794. The molecule has 4 rings (SSSR count). The van der Waals surface area contributed by atoms with Crippen LogP contribution in [0.5, 0.6) is 0 Å². The summed E-state index contributed by atoms with van der Waals surface area (Å²) in [4.78, 5) is 12.9. The first-order valence-electron chi connectivity index (χ1n) is 10.5. The van der Waals surface area contributed by atoms with Crippen LogP contribution in [-0.4, -0.2) is 45.2 Å². The van der Waals surface area contributed by atoms with Crippen molar-refractivity contribution in [1.82, 2.24) is 15.1 Å². The highest BCUT2D eigenvalue weighted by atomic mass is 35.5. The Balaban J connectivity index is 1.59. The summed E-state index contributed by atoms with van der Waals surface area (Å²) in [6.45, 7) is 0.211. The average molecular weight is 484 g/mol. The Hall–Kier alpha value is -2.90. The second kappa shape index (κ2) is 10.4. The largest absolute Gasteiger partial charge is 0.394 e. The summed E-state index contributed by atoms with van der Waals surface area (Å²) in [6.07, 6.45) is -0.323. The molecule has 0 fully saturated rings. The first-order chi connectivity index (χ1) is 16.0. The zero-order valence-electron chi connectivity index (χ0n) is 17.7. The number of rotatable bonds is 8. The van der Waals surface area contributed by atoms with Gasteiger partial charge in [0.2, 0.25) is 0 Å². The van der Waals surface area contributed by atoms with Crippen molar-refractivity contribution in [2.45, 2.75) is 19.1 Å². The van der Waals surface area contributed by atoms with Crippen LogP contribution < -0.4 is 5.32 Å². The maximum atomic E-state index is 12.9. The van der Waals surface area contributed by atoms with E-state index in [4.69, 9.17) is 23.2 Å². The van der Waals surface area contributed by atoms with Crippen LogP contribution in [0.25, 0.3) is 22.2 Å². The summed E-state index contributed by atoms with van der Waals surface area (Å²) in [5.41, 5.74) is 3.52. The van der Waals surface area contributed by atoms with Gasteiger partial charge >= 0.3 is 0 Å². The zero-order chi connectivity index (χ0) is 23.4. The summed E-state index contributed by atoms with van der Waals surface area (Å²) in [5.74, 6) is -0.284. The Morgan fingerprint density at radius 3 is 2.58 bits per heavy atom. The third kappa shape index (κ3) is 5.20. The quantitative estimate of drug-likeness (QED) is 0.347. The summed E-state index contributed by atoms with van der Waals surface area (Å²) in [7, 11) is 0. The molecule has 3 N–H and O–H groups in total. The topological polar surface area (TPSA) is 87.4 Å². The highest BCUT2D eigenvalue weighted by Gasteiger charge is 2.17. The predicted molar refractivity (Wildman–Crippen MR) is 131 cm³/mol. The Morgan fingerprint density at radius 1 is 1.03 bits per heavy atom. The number of hydrogen-bond acceptors (Lipinski definition) is 4. The SMILES string of the molecule is O=C(NCCc1ccccc1Cl)c1cc(-c2nn(CC(O)CO)c3ccccc23)ccc1Cl. The number of aromatic nitrogens is 2. The maximum Gasteiger partial charge on any atom is 0.252 e. The van der Waals surface area contributed by atoms with Gasteiger partial charge in [0.1, 0.15) is 5.69 Å². The summed E-state index contributed by atoms with van der Waals surface area (Å²) in [5, 5.41) is 28.5. The van der Waals surface area contributed by atoms with E-state index in [0.29, 0.717) is 34.3 Å². The second-order valence-corrected chi connectivity index (χ2v) is 8.49. The van der Waals surface area contributed by atoms with Crippen molar-refractivity contribution in [3.63, 3.8) is 0 Å². The molecule has 1 unspecified atom stereocenters. The van der Waals surface area contributed by atoms with Gasteiger partial charge in [0, 0.05) is 22.5 Å². The van der Waals surface area contributed by atoms with Crippen molar-refractivity contribution in [1.29, 1.82) is 0 Å². The van der Waals surface area contributed by atoms with E-state index in [1.807, 2.05) is 54.6 Å². The standard InChI is InChI=1S/C25H23Cl2N3O3/c26-21-7-3-1-5-16(21)11-12-28-25(33)20-13-17(9-10-22(20)27)24-19-6-2-4-8-23(19)30(29-24)14-18(32)15-31/h1-10,13,18,31-32H,11-12,14-15H2,(H,28,33). The third-order valence-electron chi connectivity index (χ3n) is 5.37. The van der Waals surface area contributed by atoms with E-state index in [1.54, 1.807) is 16.8 Å². The first-order valence-corrected chi connectivity index (χ1v) is 11.3. The van der Waals surface area contributed by atoms with Gasteiger partial charge in [-0.1, -0.05) is 65.7 Å². The van der Waals surface area contributed by atoms with E-state index in [0.717, 1.165) is 22.0 Å². The fourth-order valence-corrected chi connectivity index (χ4v) is 4.12. The Bertz CT molecular complexity index is 1290. The van der Waals surface area contributed by atoms with Gasteiger partial charge in [-0.25, -0.2) is 0 Å². The number of fused-ring (bicyclic) bond motifs is 1. The monoisotopic (exact) mass is 483 g/mol. The third-order valence-corrected chi connectivity index (χ3v) is 6.07. The summed E-state index contributed by atoms with van der Waals surface area (Å²) in [6, 6.07) is 20.3. The molecule has 8 heteroatoms. The van der Waals surface area contributed by atoms with E-state index in [9.17, 15) is 15.0 Å². The zero-order valence-corrected chi connectivity index (χ0v) is 19.2. The number of hydrogen-bond donors (Lipinski definition) is 3. The first kappa shape index (κ1) is 23.3. The van der Waals surface area contributed by atoms with Gasteiger partial charge in [-0.15, -0.1) is 0 Å². The van der Waals surface area contributed by atoms with Crippen molar-refractivity contribution >= 4 is 40.0 Å². The van der Waals surface area contributed by atoms with Gasteiger partial charge in [-0.05, 0) is 36.2 Å². The molecule has 0 saturated heterocycles. The van der Waals surface area contributed by atoms with E-state index in [-0.39, 0.29) is 19.1 Å². The lowest BCUT2D eigenvalue weighted by atomic mass is 10.0. The molecule has 4 aromatic rings. The predicted octanol–water partition coefficient (Wildman–Crippen LogP) is 4.34. The lowest BCUT2D eigenvalue weighted by Crippen LogP contribution is -2.26. The lowest BCUT2D eigenvalue weighted by Gasteiger charge is -2.09. The van der Waals surface area contributed by atoms with E-state index in [1.165, 1.54) is 0 Å². The molecular weight excluding hydrogens is 461 g/mol. The number of halogens is 2. The van der Waals surface area contributed by atoms with Crippen LogP contribution >= 0.6 is 23.2 Å². The van der Waals surface area contributed by atoms with Crippen molar-refractivity contribution < 1.29 is 15.0 Å². The van der Waals surface area contributed by atoms with Gasteiger partial charge in [-0.2, -0.15) is 5.10 Å². The van der Waals surface area contributed by atoms with Crippen LogP contribution in [-0.2, 0) is 13.0 Å². The number of para-hydroxylation sites is 1. The minimum atomic E-state index is -0.925. The number of aliphatic hydroxyl groups excluding tert-OH is 2. The molecule has 0 aliphatic heterocycles. The van der Waals surface area contributed by atoms with Gasteiger partial charge < -0.3 is 15.5 Å². The highest BCUT2D eigenvalue weighted by Crippen LogP contribution is 2.31. The van der Waals surface area contributed by atoms with E-state index in [2.05, 4.69) is 10.4 Å². The van der Waals surface area contributed by atoms with Crippen LogP contribution in [0.4, 0.5) is 0 Å². The van der Waals surface area contributed by atoms with Gasteiger partial charge in [0.15, 0.2) is 0 Å². The normalized spacial score (nSPS) is 12.1. The fraction of sp³-hybridized carbons (Fsp3) is 0.200. The molecule has 1 aromatic heterocycles. The molecular formula is C25H23Cl2N3O3. The molecule has 33 heavy (non-hydrogen) atoms. The van der Waals surface area contributed by atoms with E-state index >= 15 is 0 Å². The smallest absolute Gasteiger partial charge is 0.252 e. The number of carbonyl (C=O) groups is 1. The van der Waals surface area contributed by atoms with Crippen LogP contribution in [0.2, 0.25) is 10.0 Å². The van der Waals surface area contributed by atoms with Crippen molar-refractivity contribution in [2.75, 3.05) is 13.2 Å². The van der Waals surface area contributed by atoms with Gasteiger partial charge in [0.25, 0.3) is 5.91 Å². The van der Waals surface area contributed by atoms with Crippen LogP contribution in [0.1, 0.15) is 15.9 Å². The molecule has 1 heterocycles. The molecule has 0 radical (unpaired) electrons. The van der Waals surface area contributed by atoms with Crippen molar-refractivity contribution in [2.24, 2.45) is 0 Å². The molecule has 0 spiro atoms. The number of amides is 1. The van der Waals surface area contributed by atoms with Gasteiger partial charge in [-0.3, -0.25) is 9.48 Å². The van der Waals surface area contributed by atoms with E-state index < -0.39 is 6.10 Å². The average Bonchev–Trinajstić information content (AvgIpc) is 3.19. The molecule has 6 nitrogen and oxygen atoms in total. The van der Waals surface area contributed by atoms with Crippen molar-refractivity contribution in [3.05, 3.63) is 87.9 Å². The Labute approximate surface area is 201 Å². The summed E-state index contributed by atoms with van der Waals surface area (Å²) < 4.78 is 1.66. The molecule has 1 atom stereocenters. The minimum Gasteiger partial charge on any atom is -0.394 e. The molecule has 0 aliphatic rings. The van der Waals surface area contributed by atoms with Gasteiger partial charge in [0.05, 0.1) is 35.4 Å². The number of nitrogens with one attached hydrogen (secondary N) is 1. The molecule has 3 aromatic carbocycles. The second-order valence-electron chi connectivity index (χ2n) is 7.68. The minimum absolute atomic E-state index is 0.153.